The highest BCUT2D eigenvalue weighted by Gasteiger charge is 2.19. The van der Waals surface area contributed by atoms with E-state index >= 15 is 0 Å². The van der Waals surface area contributed by atoms with Crippen LogP contribution in [0.3, 0.4) is 0 Å². The molecule has 76 valence electrons. The van der Waals surface area contributed by atoms with Gasteiger partial charge in [0, 0.05) is 17.4 Å². The lowest BCUT2D eigenvalue weighted by molar-refractivity contribution is 0.824. The van der Waals surface area contributed by atoms with E-state index in [1.165, 1.54) is 22.6 Å². The molecule has 1 saturated heterocycles. The van der Waals surface area contributed by atoms with Crippen molar-refractivity contribution in [3.05, 3.63) is 35.4 Å². The van der Waals surface area contributed by atoms with Crippen LogP contribution in [0.25, 0.3) is 0 Å². The lowest BCUT2D eigenvalue weighted by Crippen LogP contribution is -2.15. The molecule has 1 fully saturated rings. The number of nitrogens with two attached hydrogens (primary N) is 1. The van der Waals surface area contributed by atoms with Gasteiger partial charge in [0.15, 0.2) is 0 Å². The smallest absolute Gasteiger partial charge is 0.00198 e. The summed E-state index contributed by atoms with van der Waals surface area (Å²) in [5.74, 6) is 3.44. The predicted molar refractivity (Wildman–Crippen MR) is 63.9 cm³/mol. The Kier molecular flexibility index (Phi) is 3.49. The molecule has 1 aliphatic rings. The lowest BCUT2D eigenvalue weighted by Gasteiger charge is -2.25. The highest BCUT2D eigenvalue weighted by Crippen LogP contribution is 2.33. The van der Waals surface area contributed by atoms with Crippen molar-refractivity contribution in [2.75, 3.05) is 18.1 Å². The van der Waals surface area contributed by atoms with Crippen molar-refractivity contribution in [3.8, 4) is 0 Å². The molecule has 0 saturated carbocycles. The van der Waals surface area contributed by atoms with Crippen LogP contribution >= 0.6 is 11.8 Å². The van der Waals surface area contributed by atoms with Gasteiger partial charge in [-0.05, 0) is 30.5 Å². The Hall–Kier alpha value is -0.470. The van der Waals surface area contributed by atoms with Gasteiger partial charge in [-0.3, -0.25) is 0 Å². The van der Waals surface area contributed by atoms with E-state index < -0.39 is 0 Å². The van der Waals surface area contributed by atoms with E-state index in [9.17, 15) is 0 Å². The molecule has 0 amide bonds. The molecule has 0 aliphatic carbocycles. The predicted octanol–water partition coefficient (Wildman–Crippen LogP) is 2.41. The molecule has 1 aliphatic heterocycles. The van der Waals surface area contributed by atoms with Gasteiger partial charge in [-0.25, -0.2) is 0 Å². The van der Waals surface area contributed by atoms with E-state index in [4.69, 9.17) is 5.73 Å². The third-order valence-electron chi connectivity index (χ3n) is 2.76. The van der Waals surface area contributed by atoms with E-state index in [0.29, 0.717) is 0 Å². The SMILES string of the molecule is NCCCc1ccc(C2CSC2)cc1. The summed E-state index contributed by atoms with van der Waals surface area (Å²) in [7, 11) is 0. The molecule has 2 heteroatoms. The molecular formula is C12H17NS. The topological polar surface area (TPSA) is 26.0 Å². The molecule has 0 atom stereocenters. The van der Waals surface area contributed by atoms with Crippen molar-refractivity contribution in [1.29, 1.82) is 0 Å². The first kappa shape index (κ1) is 10.1. The number of thioether (sulfide) groups is 1. The zero-order chi connectivity index (χ0) is 9.80. The van der Waals surface area contributed by atoms with Gasteiger partial charge in [0.2, 0.25) is 0 Å². The summed E-state index contributed by atoms with van der Waals surface area (Å²) in [4.78, 5) is 0. The third kappa shape index (κ3) is 2.31. The summed E-state index contributed by atoms with van der Waals surface area (Å²) in [6.07, 6.45) is 2.22. The van der Waals surface area contributed by atoms with Crippen LogP contribution in [0.1, 0.15) is 23.5 Å². The Labute approximate surface area is 90.1 Å². The Morgan fingerprint density at radius 3 is 2.43 bits per heavy atom. The summed E-state index contributed by atoms with van der Waals surface area (Å²) < 4.78 is 0. The molecule has 2 N–H and O–H groups in total. The zero-order valence-electron chi connectivity index (χ0n) is 8.41. The van der Waals surface area contributed by atoms with Crippen molar-refractivity contribution < 1.29 is 0 Å². The molecule has 2 rings (SSSR count). The number of hydrogen-bond acceptors (Lipinski definition) is 2. The third-order valence-corrected chi connectivity index (χ3v) is 4.03. The minimum absolute atomic E-state index is 0.793. The van der Waals surface area contributed by atoms with Crippen molar-refractivity contribution in [2.24, 2.45) is 5.73 Å². The second-order valence-electron chi connectivity index (χ2n) is 3.87. The fourth-order valence-corrected chi connectivity index (χ4v) is 2.55. The molecule has 0 bridgehead atoms. The highest BCUT2D eigenvalue weighted by molar-refractivity contribution is 8.00. The summed E-state index contributed by atoms with van der Waals surface area (Å²) in [5.41, 5.74) is 8.42. The molecule has 14 heavy (non-hydrogen) atoms. The van der Waals surface area contributed by atoms with E-state index in [1.807, 2.05) is 11.8 Å². The maximum Gasteiger partial charge on any atom is 0.00198 e. The molecule has 1 heterocycles. The van der Waals surface area contributed by atoms with Crippen LogP contribution in [0.15, 0.2) is 24.3 Å². The summed E-state index contributed by atoms with van der Waals surface area (Å²) in [6.45, 7) is 0.793. The molecule has 0 unspecified atom stereocenters. The Morgan fingerprint density at radius 2 is 1.93 bits per heavy atom. The van der Waals surface area contributed by atoms with Gasteiger partial charge >= 0.3 is 0 Å². The van der Waals surface area contributed by atoms with Crippen LogP contribution in [0.4, 0.5) is 0 Å². The molecule has 0 aromatic heterocycles. The van der Waals surface area contributed by atoms with Crippen molar-refractivity contribution in [1.82, 2.24) is 0 Å². The van der Waals surface area contributed by atoms with Crippen LogP contribution in [-0.2, 0) is 6.42 Å². The number of aryl methyl sites for hydroxylation is 1. The van der Waals surface area contributed by atoms with Crippen LogP contribution in [0.5, 0.6) is 0 Å². The summed E-state index contributed by atoms with van der Waals surface area (Å²) in [6, 6.07) is 9.09. The molecule has 1 aromatic carbocycles. The van der Waals surface area contributed by atoms with Crippen LogP contribution in [0.2, 0.25) is 0 Å². The maximum atomic E-state index is 5.48. The van der Waals surface area contributed by atoms with E-state index in [2.05, 4.69) is 24.3 Å². The largest absolute Gasteiger partial charge is 0.330 e. The quantitative estimate of drug-likeness (QED) is 0.820. The fourth-order valence-electron chi connectivity index (χ4n) is 1.69. The minimum atomic E-state index is 0.793. The van der Waals surface area contributed by atoms with Gasteiger partial charge in [0.05, 0.1) is 0 Å². The first-order chi connectivity index (χ1) is 6.90. The molecule has 0 radical (unpaired) electrons. The standard InChI is InChI=1S/C12H17NS/c13-7-1-2-10-3-5-11(6-4-10)12-8-14-9-12/h3-6,12H,1-2,7-9,13H2. The monoisotopic (exact) mass is 207 g/mol. The second kappa shape index (κ2) is 4.85. The number of rotatable bonds is 4. The van der Waals surface area contributed by atoms with Crippen molar-refractivity contribution in [2.45, 2.75) is 18.8 Å². The van der Waals surface area contributed by atoms with Crippen LogP contribution in [0, 0.1) is 0 Å². The normalized spacial score (nSPS) is 16.6. The average Bonchev–Trinajstić information content (AvgIpc) is 2.14. The van der Waals surface area contributed by atoms with Gasteiger partial charge in [-0.15, -0.1) is 0 Å². The van der Waals surface area contributed by atoms with Gasteiger partial charge in [-0.1, -0.05) is 24.3 Å². The van der Waals surface area contributed by atoms with E-state index in [-0.39, 0.29) is 0 Å². The number of hydrogen-bond donors (Lipinski definition) is 1. The van der Waals surface area contributed by atoms with Crippen molar-refractivity contribution >= 4 is 11.8 Å². The first-order valence-corrected chi connectivity index (χ1v) is 6.42. The maximum absolute atomic E-state index is 5.48. The molecule has 1 nitrogen and oxygen atoms in total. The van der Waals surface area contributed by atoms with Gasteiger partial charge in [0.25, 0.3) is 0 Å². The first-order valence-electron chi connectivity index (χ1n) is 5.27. The Balaban J connectivity index is 1.95. The second-order valence-corrected chi connectivity index (χ2v) is 4.94. The summed E-state index contributed by atoms with van der Waals surface area (Å²) >= 11 is 2.04. The fraction of sp³-hybridized carbons (Fsp3) is 0.500. The molecule has 0 spiro atoms. The Morgan fingerprint density at radius 1 is 1.21 bits per heavy atom. The van der Waals surface area contributed by atoms with Gasteiger partial charge in [0.1, 0.15) is 0 Å². The Bertz CT molecular complexity index is 277. The zero-order valence-corrected chi connectivity index (χ0v) is 9.22. The van der Waals surface area contributed by atoms with E-state index in [0.717, 1.165) is 25.3 Å². The molecule has 1 aromatic rings. The minimum Gasteiger partial charge on any atom is -0.330 e. The van der Waals surface area contributed by atoms with Crippen molar-refractivity contribution in [3.63, 3.8) is 0 Å². The summed E-state index contributed by atoms with van der Waals surface area (Å²) in [5, 5.41) is 0. The lowest BCUT2D eigenvalue weighted by atomic mass is 9.99. The molecular weight excluding hydrogens is 190 g/mol. The number of benzene rings is 1. The average molecular weight is 207 g/mol. The van der Waals surface area contributed by atoms with Crippen LogP contribution < -0.4 is 5.73 Å². The van der Waals surface area contributed by atoms with E-state index in [1.54, 1.807) is 0 Å². The highest BCUT2D eigenvalue weighted by atomic mass is 32.2. The van der Waals surface area contributed by atoms with Gasteiger partial charge < -0.3 is 5.73 Å². The van der Waals surface area contributed by atoms with Crippen LogP contribution in [-0.4, -0.2) is 18.1 Å². The van der Waals surface area contributed by atoms with Gasteiger partial charge in [-0.2, -0.15) is 11.8 Å².